The summed E-state index contributed by atoms with van der Waals surface area (Å²) in [5.74, 6) is 2.55. The second kappa shape index (κ2) is 4.20. The van der Waals surface area contributed by atoms with Crippen LogP contribution in [0.15, 0.2) is 0 Å². The summed E-state index contributed by atoms with van der Waals surface area (Å²) >= 11 is 2.06. The van der Waals surface area contributed by atoms with Crippen molar-refractivity contribution in [3.8, 4) is 0 Å². The Bertz CT molecular complexity index is 162. The zero-order valence-electron chi connectivity index (χ0n) is 8.30. The van der Waals surface area contributed by atoms with E-state index in [1.54, 1.807) is 0 Å². The molecule has 2 N–H and O–H groups in total. The molecule has 0 aromatic carbocycles. The predicted molar refractivity (Wildman–Crippen MR) is 59.2 cm³/mol. The first-order valence-electron chi connectivity index (χ1n) is 5.38. The molecular formula is C10H20N2S. The molecule has 2 rings (SSSR count). The third-order valence-electron chi connectivity index (χ3n) is 3.36. The molecule has 0 atom stereocenters. The second-order valence-corrected chi connectivity index (χ2v) is 5.64. The lowest BCUT2D eigenvalue weighted by molar-refractivity contribution is 0.159. The van der Waals surface area contributed by atoms with Gasteiger partial charge in [-0.25, -0.2) is 0 Å². The summed E-state index contributed by atoms with van der Waals surface area (Å²) in [6.07, 6.45) is 5.07. The van der Waals surface area contributed by atoms with E-state index in [9.17, 15) is 0 Å². The lowest BCUT2D eigenvalue weighted by atomic mass is 9.89. The maximum Gasteiger partial charge on any atom is 0.0182 e. The van der Waals surface area contributed by atoms with E-state index in [-0.39, 0.29) is 5.54 Å². The zero-order chi connectivity index (χ0) is 9.15. The van der Waals surface area contributed by atoms with E-state index in [0.717, 1.165) is 0 Å². The van der Waals surface area contributed by atoms with Crippen LogP contribution in [0, 0.1) is 0 Å². The first-order chi connectivity index (χ1) is 6.29. The number of hydrogen-bond donors (Lipinski definition) is 1. The van der Waals surface area contributed by atoms with E-state index in [4.69, 9.17) is 5.73 Å². The highest BCUT2D eigenvalue weighted by Gasteiger charge is 2.28. The van der Waals surface area contributed by atoms with Gasteiger partial charge < -0.3 is 10.6 Å². The highest BCUT2D eigenvalue weighted by atomic mass is 32.2. The largest absolute Gasteiger partial charge is 0.325 e. The minimum absolute atomic E-state index is 0.181. The van der Waals surface area contributed by atoms with Crippen LogP contribution in [0.4, 0.5) is 0 Å². The fourth-order valence-corrected chi connectivity index (χ4v) is 3.32. The van der Waals surface area contributed by atoms with Gasteiger partial charge in [-0.2, -0.15) is 11.8 Å². The third kappa shape index (κ3) is 2.61. The molecule has 2 heterocycles. The molecule has 0 bridgehead atoms. The Hall–Kier alpha value is 0.270. The number of hydrogen-bond acceptors (Lipinski definition) is 3. The predicted octanol–water partition coefficient (Wildman–Crippen LogP) is 1.31. The Balaban J connectivity index is 1.71. The summed E-state index contributed by atoms with van der Waals surface area (Å²) in [6.45, 7) is 3.86. The molecule has 76 valence electrons. The summed E-state index contributed by atoms with van der Waals surface area (Å²) in [7, 11) is 0. The molecule has 0 radical (unpaired) electrons. The molecule has 2 aliphatic rings. The van der Waals surface area contributed by atoms with Crippen molar-refractivity contribution in [1.29, 1.82) is 0 Å². The standard InChI is InChI=1S/C10H20N2S/c11-10(3-8-13-9-4-10)2-7-12-5-1-6-12/h1-9,11H2. The van der Waals surface area contributed by atoms with Gasteiger partial charge in [-0.1, -0.05) is 0 Å². The number of thioether (sulfide) groups is 1. The van der Waals surface area contributed by atoms with Crippen LogP contribution >= 0.6 is 11.8 Å². The van der Waals surface area contributed by atoms with Crippen LogP contribution < -0.4 is 5.73 Å². The van der Waals surface area contributed by atoms with E-state index in [1.165, 1.54) is 56.8 Å². The maximum absolute atomic E-state index is 6.35. The summed E-state index contributed by atoms with van der Waals surface area (Å²) in [5.41, 5.74) is 6.53. The SMILES string of the molecule is NC1(CCN2CCC2)CCSCC1. The Morgan fingerprint density at radius 1 is 1.23 bits per heavy atom. The summed E-state index contributed by atoms with van der Waals surface area (Å²) in [5, 5.41) is 0. The molecule has 3 heteroatoms. The van der Waals surface area contributed by atoms with Crippen molar-refractivity contribution in [3.05, 3.63) is 0 Å². The van der Waals surface area contributed by atoms with Crippen LogP contribution in [-0.2, 0) is 0 Å². The zero-order valence-corrected chi connectivity index (χ0v) is 9.11. The molecule has 2 saturated heterocycles. The van der Waals surface area contributed by atoms with E-state index in [2.05, 4.69) is 16.7 Å². The summed E-state index contributed by atoms with van der Waals surface area (Å²) < 4.78 is 0. The average molecular weight is 200 g/mol. The van der Waals surface area contributed by atoms with Gasteiger partial charge in [-0.05, 0) is 56.8 Å². The van der Waals surface area contributed by atoms with Gasteiger partial charge >= 0.3 is 0 Å². The van der Waals surface area contributed by atoms with Gasteiger partial charge in [0, 0.05) is 5.54 Å². The smallest absolute Gasteiger partial charge is 0.0182 e. The van der Waals surface area contributed by atoms with E-state index in [0.29, 0.717) is 0 Å². The normalized spacial score (nSPS) is 28.4. The fourth-order valence-electron chi connectivity index (χ4n) is 2.01. The Kier molecular flexibility index (Phi) is 3.17. The van der Waals surface area contributed by atoms with Crippen molar-refractivity contribution in [2.45, 2.75) is 31.2 Å². The molecule has 0 aliphatic carbocycles. The molecule has 2 nitrogen and oxygen atoms in total. The molecule has 13 heavy (non-hydrogen) atoms. The van der Waals surface area contributed by atoms with E-state index >= 15 is 0 Å². The lowest BCUT2D eigenvalue weighted by Gasteiger charge is -2.37. The number of nitrogens with zero attached hydrogens (tertiary/aromatic N) is 1. The molecule has 2 fully saturated rings. The molecule has 0 aromatic rings. The van der Waals surface area contributed by atoms with Crippen molar-refractivity contribution in [1.82, 2.24) is 4.90 Å². The highest BCUT2D eigenvalue weighted by molar-refractivity contribution is 7.99. The van der Waals surface area contributed by atoms with Crippen molar-refractivity contribution in [2.75, 3.05) is 31.1 Å². The highest BCUT2D eigenvalue weighted by Crippen LogP contribution is 2.28. The van der Waals surface area contributed by atoms with Gasteiger partial charge in [-0.15, -0.1) is 0 Å². The minimum atomic E-state index is 0.181. The van der Waals surface area contributed by atoms with Crippen LogP contribution in [0.3, 0.4) is 0 Å². The molecule has 0 aromatic heterocycles. The topological polar surface area (TPSA) is 29.3 Å². The first kappa shape index (κ1) is 9.81. The third-order valence-corrected chi connectivity index (χ3v) is 4.35. The fraction of sp³-hybridized carbons (Fsp3) is 1.00. The van der Waals surface area contributed by atoms with Crippen molar-refractivity contribution in [3.63, 3.8) is 0 Å². The van der Waals surface area contributed by atoms with Crippen LogP contribution in [0.2, 0.25) is 0 Å². The Morgan fingerprint density at radius 3 is 2.46 bits per heavy atom. The molecular weight excluding hydrogens is 180 g/mol. The summed E-state index contributed by atoms with van der Waals surface area (Å²) in [6, 6.07) is 0. The Labute approximate surface area is 85.2 Å². The number of likely N-dealkylation sites (tertiary alicyclic amines) is 1. The van der Waals surface area contributed by atoms with Crippen LogP contribution in [0.25, 0.3) is 0 Å². The van der Waals surface area contributed by atoms with Gasteiger partial charge in [0.05, 0.1) is 0 Å². The lowest BCUT2D eigenvalue weighted by Crippen LogP contribution is -2.48. The molecule has 0 saturated carbocycles. The molecule has 0 unspecified atom stereocenters. The monoisotopic (exact) mass is 200 g/mol. The van der Waals surface area contributed by atoms with Crippen molar-refractivity contribution in [2.24, 2.45) is 5.73 Å². The summed E-state index contributed by atoms with van der Waals surface area (Å²) in [4.78, 5) is 2.52. The van der Waals surface area contributed by atoms with Gasteiger partial charge in [0.15, 0.2) is 0 Å². The average Bonchev–Trinajstić information content (AvgIpc) is 2.02. The minimum Gasteiger partial charge on any atom is -0.325 e. The van der Waals surface area contributed by atoms with Gasteiger partial charge in [0.1, 0.15) is 0 Å². The molecule has 0 spiro atoms. The number of rotatable bonds is 3. The second-order valence-electron chi connectivity index (χ2n) is 4.42. The van der Waals surface area contributed by atoms with E-state index in [1.807, 2.05) is 0 Å². The molecule has 0 amide bonds. The first-order valence-corrected chi connectivity index (χ1v) is 6.53. The van der Waals surface area contributed by atoms with Crippen molar-refractivity contribution < 1.29 is 0 Å². The van der Waals surface area contributed by atoms with Crippen LogP contribution in [0.5, 0.6) is 0 Å². The van der Waals surface area contributed by atoms with Crippen LogP contribution in [-0.4, -0.2) is 41.6 Å². The molecule has 2 aliphatic heterocycles. The van der Waals surface area contributed by atoms with Gasteiger partial charge in [-0.3, -0.25) is 0 Å². The Morgan fingerprint density at radius 2 is 1.92 bits per heavy atom. The quantitative estimate of drug-likeness (QED) is 0.745. The van der Waals surface area contributed by atoms with Gasteiger partial charge in [0.2, 0.25) is 0 Å². The van der Waals surface area contributed by atoms with Crippen molar-refractivity contribution >= 4 is 11.8 Å². The van der Waals surface area contributed by atoms with Gasteiger partial charge in [0.25, 0.3) is 0 Å². The van der Waals surface area contributed by atoms with E-state index < -0.39 is 0 Å². The maximum atomic E-state index is 6.35. The van der Waals surface area contributed by atoms with Crippen LogP contribution in [0.1, 0.15) is 25.7 Å². The number of nitrogens with two attached hydrogens (primary N) is 1.